The lowest BCUT2D eigenvalue weighted by atomic mass is 9.95. The van der Waals surface area contributed by atoms with Gasteiger partial charge >= 0.3 is 6.18 Å². The fourth-order valence-corrected chi connectivity index (χ4v) is 2.95. The van der Waals surface area contributed by atoms with Crippen LogP contribution in [0.25, 0.3) is 10.8 Å². The van der Waals surface area contributed by atoms with E-state index in [1.54, 1.807) is 19.1 Å². The number of carbonyl (C=O) groups is 1. The number of rotatable bonds is 2. The first kappa shape index (κ1) is 14.8. The molecule has 0 aliphatic carbocycles. The second kappa shape index (κ2) is 5.28. The molecule has 2 aromatic carbocycles. The van der Waals surface area contributed by atoms with Crippen molar-refractivity contribution in [1.29, 1.82) is 0 Å². The highest BCUT2D eigenvalue weighted by molar-refractivity contribution is 5.86. The Balaban J connectivity index is 2.12. The van der Waals surface area contributed by atoms with Crippen LogP contribution in [0.2, 0.25) is 0 Å². The highest BCUT2D eigenvalue weighted by Gasteiger charge is 2.47. The third kappa shape index (κ3) is 2.54. The molecule has 1 atom stereocenters. The van der Waals surface area contributed by atoms with E-state index in [1.165, 1.54) is 6.07 Å². The summed E-state index contributed by atoms with van der Waals surface area (Å²) in [7, 11) is 0. The van der Waals surface area contributed by atoms with Crippen molar-refractivity contribution in [2.24, 2.45) is 0 Å². The van der Waals surface area contributed by atoms with Gasteiger partial charge in [0.05, 0.1) is 0 Å². The summed E-state index contributed by atoms with van der Waals surface area (Å²) in [5.74, 6) is -0.382. The molecule has 0 unspecified atom stereocenters. The largest absolute Gasteiger partial charge is 0.409 e. The summed E-state index contributed by atoms with van der Waals surface area (Å²) in [4.78, 5) is 11.3. The number of halogens is 3. The minimum Gasteiger partial charge on any atom is -0.288 e. The fraction of sp³-hybridized carbons (Fsp3) is 0.312. The molecule has 1 aliphatic rings. The number of benzene rings is 2. The van der Waals surface area contributed by atoms with Gasteiger partial charge < -0.3 is 0 Å². The maximum Gasteiger partial charge on any atom is 0.409 e. The Bertz CT molecular complexity index is 727. The molecule has 1 amide bonds. The lowest BCUT2D eigenvalue weighted by molar-refractivity contribution is -0.191. The number of nitrogens with one attached hydrogen (secondary N) is 1. The molecule has 3 nitrogen and oxygen atoms in total. The standard InChI is InChI=1S/C16H15F3N2O/c1-10-12-5-3-2-4-11(12)6-7-13(10)15(16(17,18)19)21-9-8-14(22)20-21/h2-7,15H,8-9H2,1H3,(H,20,22)/t15-/m0/s1. The molecular weight excluding hydrogens is 293 g/mol. The summed E-state index contributed by atoms with van der Waals surface area (Å²) in [6.07, 6.45) is -4.38. The zero-order chi connectivity index (χ0) is 15.9. The van der Waals surface area contributed by atoms with Crippen molar-refractivity contribution in [3.63, 3.8) is 0 Å². The van der Waals surface area contributed by atoms with E-state index in [-0.39, 0.29) is 24.4 Å². The van der Waals surface area contributed by atoms with Crippen molar-refractivity contribution >= 4 is 16.7 Å². The van der Waals surface area contributed by atoms with Gasteiger partial charge in [-0.15, -0.1) is 0 Å². The normalized spacial score (nSPS) is 17.7. The van der Waals surface area contributed by atoms with Gasteiger partial charge in [0, 0.05) is 13.0 Å². The number of nitrogens with zero attached hydrogens (tertiary/aromatic N) is 1. The van der Waals surface area contributed by atoms with Crippen LogP contribution in [-0.2, 0) is 4.79 Å². The van der Waals surface area contributed by atoms with E-state index in [1.807, 2.05) is 18.2 Å². The van der Waals surface area contributed by atoms with Gasteiger partial charge in [0.15, 0.2) is 0 Å². The molecule has 0 bridgehead atoms. The Morgan fingerprint density at radius 1 is 1.18 bits per heavy atom. The zero-order valence-corrected chi connectivity index (χ0v) is 11.9. The molecule has 0 radical (unpaired) electrons. The number of amides is 1. The Kier molecular flexibility index (Phi) is 3.56. The lowest BCUT2D eigenvalue weighted by Crippen LogP contribution is -2.43. The second-order valence-electron chi connectivity index (χ2n) is 5.42. The minimum absolute atomic E-state index is 0.0509. The SMILES string of the molecule is Cc1c([C@H](N2CCC(=O)N2)C(F)(F)F)ccc2ccccc12. The van der Waals surface area contributed by atoms with Crippen LogP contribution in [0.3, 0.4) is 0 Å². The number of aryl methyl sites for hydroxylation is 1. The maximum atomic E-state index is 13.6. The van der Waals surface area contributed by atoms with Gasteiger partial charge in [0.1, 0.15) is 6.04 Å². The Hall–Kier alpha value is -2.08. The number of fused-ring (bicyclic) bond motifs is 1. The van der Waals surface area contributed by atoms with Crippen LogP contribution in [0.4, 0.5) is 13.2 Å². The summed E-state index contributed by atoms with van der Waals surface area (Å²) in [6.45, 7) is 1.74. The number of hydrogen-bond donors (Lipinski definition) is 1. The van der Waals surface area contributed by atoms with Crippen molar-refractivity contribution < 1.29 is 18.0 Å². The van der Waals surface area contributed by atoms with Gasteiger partial charge in [-0.1, -0.05) is 36.4 Å². The van der Waals surface area contributed by atoms with Crippen LogP contribution >= 0.6 is 0 Å². The van der Waals surface area contributed by atoms with E-state index >= 15 is 0 Å². The van der Waals surface area contributed by atoms with Gasteiger partial charge in [-0.25, -0.2) is 5.01 Å². The Labute approximate surface area is 125 Å². The molecule has 3 rings (SSSR count). The predicted octanol–water partition coefficient (Wildman–Crippen LogP) is 3.49. The maximum absolute atomic E-state index is 13.6. The van der Waals surface area contributed by atoms with Crippen molar-refractivity contribution in [2.45, 2.75) is 25.6 Å². The van der Waals surface area contributed by atoms with E-state index in [0.717, 1.165) is 15.8 Å². The van der Waals surface area contributed by atoms with E-state index in [9.17, 15) is 18.0 Å². The van der Waals surface area contributed by atoms with Crippen LogP contribution in [0.5, 0.6) is 0 Å². The van der Waals surface area contributed by atoms with Gasteiger partial charge in [0.25, 0.3) is 0 Å². The highest BCUT2D eigenvalue weighted by Crippen LogP contribution is 2.40. The van der Waals surface area contributed by atoms with E-state index in [4.69, 9.17) is 0 Å². The number of carbonyl (C=O) groups excluding carboxylic acids is 1. The topological polar surface area (TPSA) is 32.3 Å². The molecule has 1 aliphatic heterocycles. The summed E-state index contributed by atoms with van der Waals surface area (Å²) >= 11 is 0. The molecule has 0 aromatic heterocycles. The molecule has 0 spiro atoms. The van der Waals surface area contributed by atoms with Crippen molar-refractivity contribution in [2.75, 3.05) is 6.54 Å². The van der Waals surface area contributed by atoms with E-state index in [0.29, 0.717) is 5.56 Å². The second-order valence-corrected chi connectivity index (χ2v) is 5.42. The Morgan fingerprint density at radius 3 is 2.55 bits per heavy atom. The van der Waals surface area contributed by atoms with Crippen molar-refractivity contribution in [3.05, 3.63) is 47.5 Å². The quantitative estimate of drug-likeness (QED) is 0.921. The number of alkyl halides is 3. The minimum atomic E-state index is -4.47. The van der Waals surface area contributed by atoms with E-state index < -0.39 is 12.2 Å². The average molecular weight is 308 g/mol. The summed E-state index contributed by atoms with van der Waals surface area (Å²) in [5.41, 5.74) is 3.07. The van der Waals surface area contributed by atoms with Crippen LogP contribution in [0, 0.1) is 6.92 Å². The van der Waals surface area contributed by atoms with Gasteiger partial charge in [-0.2, -0.15) is 13.2 Å². The average Bonchev–Trinajstić information content (AvgIpc) is 2.87. The van der Waals surface area contributed by atoms with Gasteiger partial charge in [-0.05, 0) is 28.8 Å². The summed E-state index contributed by atoms with van der Waals surface area (Å²) in [5, 5.41) is 2.68. The molecule has 6 heteroatoms. The summed E-state index contributed by atoms with van der Waals surface area (Å²) in [6, 6.07) is 8.69. The molecule has 0 saturated carbocycles. The lowest BCUT2D eigenvalue weighted by Gasteiger charge is -2.30. The molecule has 2 aromatic rings. The van der Waals surface area contributed by atoms with Crippen LogP contribution in [0.15, 0.2) is 36.4 Å². The molecule has 1 heterocycles. The Morgan fingerprint density at radius 2 is 1.91 bits per heavy atom. The molecule has 116 valence electrons. The number of hydrazine groups is 1. The molecule has 1 fully saturated rings. The fourth-order valence-electron chi connectivity index (χ4n) is 2.95. The van der Waals surface area contributed by atoms with Crippen molar-refractivity contribution in [1.82, 2.24) is 10.4 Å². The first-order valence-electron chi connectivity index (χ1n) is 6.99. The third-order valence-electron chi connectivity index (χ3n) is 4.00. The van der Waals surface area contributed by atoms with Gasteiger partial charge in [-0.3, -0.25) is 10.2 Å². The first-order chi connectivity index (χ1) is 10.4. The van der Waals surface area contributed by atoms with Crippen LogP contribution in [0.1, 0.15) is 23.6 Å². The summed E-state index contributed by atoms with van der Waals surface area (Å²) < 4.78 is 40.7. The first-order valence-corrected chi connectivity index (χ1v) is 6.99. The van der Waals surface area contributed by atoms with Crippen LogP contribution in [-0.4, -0.2) is 23.6 Å². The molecular formula is C16H15F3N2O. The highest BCUT2D eigenvalue weighted by atomic mass is 19.4. The van der Waals surface area contributed by atoms with Crippen molar-refractivity contribution in [3.8, 4) is 0 Å². The van der Waals surface area contributed by atoms with Crippen LogP contribution < -0.4 is 5.43 Å². The predicted molar refractivity (Wildman–Crippen MR) is 76.9 cm³/mol. The molecule has 1 N–H and O–H groups in total. The van der Waals surface area contributed by atoms with Gasteiger partial charge in [0.2, 0.25) is 5.91 Å². The molecule has 22 heavy (non-hydrogen) atoms. The third-order valence-corrected chi connectivity index (χ3v) is 4.00. The smallest absolute Gasteiger partial charge is 0.288 e. The monoisotopic (exact) mass is 308 g/mol. The zero-order valence-electron chi connectivity index (χ0n) is 11.9. The van der Waals surface area contributed by atoms with E-state index in [2.05, 4.69) is 5.43 Å². The molecule has 1 saturated heterocycles. The number of hydrogen-bond acceptors (Lipinski definition) is 2.